The highest BCUT2D eigenvalue weighted by atomic mass is 16.5. The van der Waals surface area contributed by atoms with Gasteiger partial charge in [0.25, 0.3) is 0 Å². The van der Waals surface area contributed by atoms with Gasteiger partial charge in [-0.3, -0.25) is 9.59 Å². The first-order valence-corrected chi connectivity index (χ1v) is 12.1. The SMILES string of the molecule is CN(C)CCC(NC(=O)OCC1c2ccccc2-c2ccccc21)C(=O)NC1CCCC1C(=O)O. The number of carboxylic acids is 1. The molecule has 2 aromatic carbocycles. The van der Waals surface area contributed by atoms with Crippen LogP contribution in [-0.2, 0) is 14.3 Å². The van der Waals surface area contributed by atoms with Crippen LogP contribution in [0.1, 0.15) is 42.7 Å². The average molecular weight is 480 g/mol. The maximum atomic E-state index is 13.0. The first-order valence-electron chi connectivity index (χ1n) is 12.1. The Bertz CT molecular complexity index is 1040. The van der Waals surface area contributed by atoms with E-state index in [9.17, 15) is 19.5 Å². The second-order valence-electron chi connectivity index (χ2n) is 9.61. The molecule has 35 heavy (non-hydrogen) atoms. The van der Waals surface area contributed by atoms with Crippen molar-refractivity contribution in [2.24, 2.45) is 5.92 Å². The van der Waals surface area contributed by atoms with E-state index in [0.29, 0.717) is 25.8 Å². The van der Waals surface area contributed by atoms with Gasteiger partial charge in [-0.2, -0.15) is 0 Å². The minimum atomic E-state index is -0.901. The molecule has 8 heteroatoms. The van der Waals surface area contributed by atoms with Crippen LogP contribution in [0.4, 0.5) is 4.79 Å². The van der Waals surface area contributed by atoms with Crippen molar-refractivity contribution in [1.29, 1.82) is 0 Å². The van der Waals surface area contributed by atoms with Crippen LogP contribution in [0.2, 0.25) is 0 Å². The lowest BCUT2D eigenvalue weighted by Crippen LogP contribution is -2.52. The Morgan fingerprint density at radius 2 is 1.66 bits per heavy atom. The summed E-state index contributed by atoms with van der Waals surface area (Å²) in [6.07, 6.45) is 1.64. The third kappa shape index (κ3) is 5.65. The summed E-state index contributed by atoms with van der Waals surface area (Å²) in [5, 5.41) is 15.0. The van der Waals surface area contributed by atoms with Gasteiger partial charge in [0, 0.05) is 12.0 Å². The van der Waals surface area contributed by atoms with Crippen molar-refractivity contribution in [1.82, 2.24) is 15.5 Å². The first kappa shape index (κ1) is 24.7. The summed E-state index contributed by atoms with van der Waals surface area (Å²) < 4.78 is 5.62. The highest BCUT2D eigenvalue weighted by molar-refractivity contribution is 5.86. The molecular weight excluding hydrogens is 446 g/mol. The van der Waals surface area contributed by atoms with Gasteiger partial charge < -0.3 is 25.4 Å². The number of alkyl carbamates (subject to hydrolysis) is 1. The minimum absolute atomic E-state index is 0.0722. The molecule has 3 unspecified atom stereocenters. The fourth-order valence-electron chi connectivity index (χ4n) is 5.15. The second-order valence-corrected chi connectivity index (χ2v) is 9.61. The molecule has 0 bridgehead atoms. The van der Waals surface area contributed by atoms with Gasteiger partial charge in [-0.25, -0.2) is 4.79 Å². The van der Waals surface area contributed by atoms with Crippen LogP contribution in [0.15, 0.2) is 48.5 Å². The molecule has 2 aliphatic carbocycles. The molecule has 2 aromatic rings. The number of hydrogen-bond donors (Lipinski definition) is 3. The largest absolute Gasteiger partial charge is 0.481 e. The molecule has 0 aliphatic heterocycles. The molecule has 1 saturated carbocycles. The molecule has 0 radical (unpaired) electrons. The number of fused-ring (bicyclic) bond motifs is 3. The predicted octanol–water partition coefficient (Wildman–Crippen LogP) is 3.21. The molecule has 2 aliphatic rings. The van der Waals surface area contributed by atoms with Crippen molar-refractivity contribution in [3.8, 4) is 11.1 Å². The van der Waals surface area contributed by atoms with Crippen molar-refractivity contribution in [2.45, 2.75) is 43.7 Å². The summed E-state index contributed by atoms with van der Waals surface area (Å²) in [4.78, 5) is 39.2. The Labute approximate surface area is 205 Å². The van der Waals surface area contributed by atoms with E-state index in [0.717, 1.165) is 28.7 Å². The molecule has 4 rings (SSSR count). The Kier molecular flexibility index (Phi) is 7.70. The maximum Gasteiger partial charge on any atom is 0.407 e. The number of carbonyl (C=O) groups is 3. The van der Waals surface area contributed by atoms with E-state index in [1.54, 1.807) is 0 Å². The molecule has 0 saturated heterocycles. The molecule has 1 fully saturated rings. The van der Waals surface area contributed by atoms with Crippen LogP contribution in [0.5, 0.6) is 0 Å². The summed E-state index contributed by atoms with van der Waals surface area (Å²) in [7, 11) is 3.78. The average Bonchev–Trinajstić information content (AvgIpc) is 3.43. The van der Waals surface area contributed by atoms with Gasteiger partial charge in [0.2, 0.25) is 5.91 Å². The van der Waals surface area contributed by atoms with Gasteiger partial charge in [-0.05, 0) is 62.2 Å². The summed E-state index contributed by atoms with van der Waals surface area (Å²) in [6, 6.07) is 15.0. The van der Waals surface area contributed by atoms with E-state index in [-0.39, 0.29) is 18.4 Å². The van der Waals surface area contributed by atoms with Gasteiger partial charge in [0.05, 0.1) is 5.92 Å². The van der Waals surface area contributed by atoms with E-state index in [4.69, 9.17) is 4.74 Å². The number of hydrogen-bond acceptors (Lipinski definition) is 5. The number of nitrogens with zero attached hydrogens (tertiary/aromatic N) is 1. The molecule has 0 spiro atoms. The number of carbonyl (C=O) groups excluding carboxylic acids is 2. The van der Waals surface area contributed by atoms with Crippen molar-refractivity contribution in [2.75, 3.05) is 27.2 Å². The molecule has 186 valence electrons. The van der Waals surface area contributed by atoms with E-state index in [1.807, 2.05) is 43.3 Å². The van der Waals surface area contributed by atoms with Crippen molar-refractivity contribution >= 4 is 18.0 Å². The standard InChI is InChI=1S/C27H33N3O5/c1-30(2)15-14-24(25(31)28-23-13-7-12-21(23)26(32)33)29-27(34)35-16-22-19-10-5-3-8-17(19)18-9-4-6-11-20(18)22/h3-6,8-11,21-24H,7,12-16H2,1-2H3,(H,28,31)(H,29,34)(H,32,33). The van der Waals surface area contributed by atoms with Gasteiger partial charge in [-0.15, -0.1) is 0 Å². The number of ether oxygens (including phenoxy) is 1. The monoisotopic (exact) mass is 479 g/mol. The number of rotatable bonds is 9. The first-order chi connectivity index (χ1) is 16.8. The Morgan fingerprint density at radius 1 is 1.03 bits per heavy atom. The molecule has 0 heterocycles. The fourth-order valence-corrected chi connectivity index (χ4v) is 5.15. The lowest BCUT2D eigenvalue weighted by Gasteiger charge is -2.24. The quantitative estimate of drug-likeness (QED) is 0.510. The van der Waals surface area contributed by atoms with Crippen molar-refractivity contribution < 1.29 is 24.2 Å². The topological polar surface area (TPSA) is 108 Å². The summed E-state index contributed by atoms with van der Waals surface area (Å²) in [5.41, 5.74) is 4.52. The molecular formula is C27H33N3O5. The van der Waals surface area contributed by atoms with E-state index in [1.165, 1.54) is 0 Å². The smallest absolute Gasteiger partial charge is 0.407 e. The molecule has 0 aromatic heterocycles. The third-order valence-corrected chi connectivity index (χ3v) is 6.98. The Hall–Kier alpha value is -3.39. The Balaban J connectivity index is 1.40. The number of amides is 2. The zero-order chi connectivity index (χ0) is 24.9. The van der Waals surface area contributed by atoms with Crippen molar-refractivity contribution in [3.63, 3.8) is 0 Å². The van der Waals surface area contributed by atoms with E-state index in [2.05, 4.69) is 34.9 Å². The minimum Gasteiger partial charge on any atom is -0.481 e. The molecule has 3 N–H and O–H groups in total. The van der Waals surface area contributed by atoms with E-state index >= 15 is 0 Å². The maximum absolute atomic E-state index is 13.0. The summed E-state index contributed by atoms with van der Waals surface area (Å²) >= 11 is 0. The van der Waals surface area contributed by atoms with Gasteiger partial charge >= 0.3 is 12.1 Å². The third-order valence-electron chi connectivity index (χ3n) is 6.98. The zero-order valence-electron chi connectivity index (χ0n) is 20.2. The Morgan fingerprint density at radius 3 is 2.26 bits per heavy atom. The second kappa shape index (κ2) is 10.9. The highest BCUT2D eigenvalue weighted by Crippen LogP contribution is 2.44. The predicted molar refractivity (Wildman–Crippen MR) is 132 cm³/mol. The van der Waals surface area contributed by atoms with Crippen LogP contribution in [-0.4, -0.2) is 67.3 Å². The number of benzene rings is 2. The van der Waals surface area contributed by atoms with Gasteiger partial charge in [0.15, 0.2) is 0 Å². The normalized spacial score (nSPS) is 19.6. The zero-order valence-corrected chi connectivity index (χ0v) is 20.2. The molecule has 8 nitrogen and oxygen atoms in total. The summed E-state index contributed by atoms with van der Waals surface area (Å²) in [5.74, 6) is -1.94. The van der Waals surface area contributed by atoms with Gasteiger partial charge in [0.1, 0.15) is 12.6 Å². The van der Waals surface area contributed by atoms with Crippen molar-refractivity contribution in [3.05, 3.63) is 59.7 Å². The number of aliphatic carboxylic acids is 1. The lowest BCUT2D eigenvalue weighted by atomic mass is 9.98. The lowest BCUT2D eigenvalue weighted by molar-refractivity contribution is -0.142. The molecule has 2 amide bonds. The van der Waals surface area contributed by atoms with Gasteiger partial charge in [-0.1, -0.05) is 55.0 Å². The van der Waals surface area contributed by atoms with Crippen LogP contribution < -0.4 is 10.6 Å². The summed E-state index contributed by atoms with van der Waals surface area (Å²) in [6.45, 7) is 0.736. The molecule has 3 atom stereocenters. The number of nitrogens with one attached hydrogen (secondary N) is 2. The van der Waals surface area contributed by atoms with Crippen LogP contribution in [0.25, 0.3) is 11.1 Å². The fraction of sp³-hybridized carbons (Fsp3) is 0.444. The van der Waals surface area contributed by atoms with Crippen LogP contribution in [0, 0.1) is 5.92 Å². The highest BCUT2D eigenvalue weighted by Gasteiger charge is 2.36. The number of carboxylic acid groups (broad SMARTS) is 1. The van der Waals surface area contributed by atoms with E-state index < -0.39 is 30.1 Å². The van der Waals surface area contributed by atoms with Crippen LogP contribution >= 0.6 is 0 Å². The van der Waals surface area contributed by atoms with Crippen LogP contribution in [0.3, 0.4) is 0 Å².